The molecule has 3 aromatic rings. The third-order valence-corrected chi connectivity index (χ3v) is 4.44. The highest BCUT2D eigenvalue weighted by Crippen LogP contribution is 2.32. The maximum atomic E-state index is 12.4. The lowest BCUT2D eigenvalue weighted by molar-refractivity contribution is -0.115. The van der Waals surface area contributed by atoms with Gasteiger partial charge < -0.3 is 25.4 Å². The van der Waals surface area contributed by atoms with Crippen LogP contribution in [0.2, 0.25) is 0 Å². The van der Waals surface area contributed by atoms with Crippen molar-refractivity contribution in [2.24, 2.45) is 0 Å². The highest BCUT2D eigenvalue weighted by Gasteiger charge is 2.14. The van der Waals surface area contributed by atoms with Gasteiger partial charge in [0.1, 0.15) is 17.5 Å². The molecule has 8 nitrogen and oxygen atoms in total. The number of aryl methyl sites for hydroxylation is 1. The third kappa shape index (κ3) is 4.78. The molecule has 0 bridgehead atoms. The van der Waals surface area contributed by atoms with Gasteiger partial charge in [-0.05, 0) is 55.8 Å². The summed E-state index contributed by atoms with van der Waals surface area (Å²) in [4.78, 5) is 21.1. The second-order valence-corrected chi connectivity index (χ2v) is 6.83. The maximum Gasteiger partial charge on any atom is 0.231 e. The second kappa shape index (κ2) is 8.69. The Kier molecular flexibility index (Phi) is 5.65. The fraction of sp³-hybridized carbons (Fsp3) is 0.227. The van der Waals surface area contributed by atoms with Crippen molar-refractivity contribution >= 4 is 28.9 Å². The molecule has 2 heterocycles. The van der Waals surface area contributed by atoms with Crippen LogP contribution in [0.15, 0.2) is 48.5 Å². The number of hydrogen-bond acceptors (Lipinski definition) is 7. The SMILES string of the molecule is CCNc1cc(Nc2ccc(NC(=O)Cc3ccc4c(c3)OCO4)cc2)nc(C)n1. The van der Waals surface area contributed by atoms with Crippen LogP contribution in [0.3, 0.4) is 0 Å². The number of ether oxygens (including phenoxy) is 2. The molecule has 0 radical (unpaired) electrons. The van der Waals surface area contributed by atoms with Gasteiger partial charge in [-0.15, -0.1) is 0 Å². The Bertz CT molecular complexity index is 1050. The molecule has 0 atom stereocenters. The average Bonchev–Trinajstić information content (AvgIpc) is 3.17. The van der Waals surface area contributed by atoms with Gasteiger partial charge in [0.15, 0.2) is 11.5 Å². The van der Waals surface area contributed by atoms with Gasteiger partial charge in [-0.2, -0.15) is 0 Å². The summed E-state index contributed by atoms with van der Waals surface area (Å²) in [6.45, 7) is 4.88. The quantitative estimate of drug-likeness (QED) is 0.549. The van der Waals surface area contributed by atoms with Crippen molar-refractivity contribution in [2.45, 2.75) is 20.3 Å². The number of carbonyl (C=O) groups excluding carboxylic acids is 1. The van der Waals surface area contributed by atoms with Crippen molar-refractivity contribution in [3.05, 3.63) is 59.9 Å². The van der Waals surface area contributed by atoms with E-state index in [-0.39, 0.29) is 19.1 Å². The van der Waals surface area contributed by atoms with Gasteiger partial charge in [0.2, 0.25) is 12.7 Å². The predicted octanol–water partition coefficient (Wildman–Crippen LogP) is 3.87. The molecule has 8 heteroatoms. The van der Waals surface area contributed by atoms with Crippen molar-refractivity contribution in [1.29, 1.82) is 0 Å². The average molecular weight is 405 g/mol. The first-order valence-corrected chi connectivity index (χ1v) is 9.74. The second-order valence-electron chi connectivity index (χ2n) is 6.83. The summed E-state index contributed by atoms with van der Waals surface area (Å²) < 4.78 is 10.6. The van der Waals surface area contributed by atoms with Crippen LogP contribution in [0.5, 0.6) is 11.5 Å². The molecule has 1 aliphatic rings. The summed E-state index contributed by atoms with van der Waals surface area (Å²) in [5, 5.41) is 9.35. The maximum absolute atomic E-state index is 12.4. The minimum atomic E-state index is -0.101. The molecule has 0 spiro atoms. The van der Waals surface area contributed by atoms with E-state index in [0.717, 1.165) is 29.3 Å². The molecular weight excluding hydrogens is 382 g/mol. The normalized spacial score (nSPS) is 11.8. The van der Waals surface area contributed by atoms with Crippen molar-refractivity contribution in [2.75, 3.05) is 29.3 Å². The van der Waals surface area contributed by atoms with Crippen LogP contribution in [-0.2, 0) is 11.2 Å². The summed E-state index contributed by atoms with van der Waals surface area (Å²) in [5.41, 5.74) is 2.45. The first-order valence-electron chi connectivity index (χ1n) is 9.74. The number of nitrogens with zero attached hydrogens (tertiary/aromatic N) is 2. The summed E-state index contributed by atoms with van der Waals surface area (Å²) >= 11 is 0. The molecule has 0 fully saturated rings. The van der Waals surface area contributed by atoms with Gasteiger partial charge in [-0.3, -0.25) is 4.79 Å². The topological polar surface area (TPSA) is 97.4 Å². The molecule has 30 heavy (non-hydrogen) atoms. The van der Waals surface area contributed by atoms with Crippen molar-refractivity contribution in [1.82, 2.24) is 9.97 Å². The summed E-state index contributed by atoms with van der Waals surface area (Å²) in [7, 11) is 0. The third-order valence-electron chi connectivity index (χ3n) is 4.44. The highest BCUT2D eigenvalue weighted by atomic mass is 16.7. The van der Waals surface area contributed by atoms with Gasteiger partial charge in [-0.1, -0.05) is 6.07 Å². The molecule has 154 valence electrons. The van der Waals surface area contributed by atoms with Crippen LogP contribution >= 0.6 is 0 Å². The Balaban J connectivity index is 1.36. The van der Waals surface area contributed by atoms with Crippen molar-refractivity contribution in [3.63, 3.8) is 0 Å². The van der Waals surface area contributed by atoms with Crippen molar-refractivity contribution in [3.8, 4) is 11.5 Å². The number of benzene rings is 2. The van der Waals surface area contributed by atoms with E-state index in [2.05, 4.69) is 25.9 Å². The van der Waals surface area contributed by atoms with Gasteiger partial charge in [0, 0.05) is 24.0 Å². The predicted molar refractivity (Wildman–Crippen MR) is 116 cm³/mol. The van der Waals surface area contributed by atoms with E-state index in [1.165, 1.54) is 0 Å². The molecule has 3 N–H and O–H groups in total. The molecule has 0 saturated heterocycles. The smallest absolute Gasteiger partial charge is 0.231 e. The van der Waals surface area contributed by atoms with E-state index in [1.54, 1.807) is 0 Å². The zero-order valence-electron chi connectivity index (χ0n) is 16.9. The molecule has 4 rings (SSSR count). The molecule has 1 amide bonds. The number of hydrogen-bond donors (Lipinski definition) is 3. The van der Waals surface area contributed by atoms with Crippen LogP contribution in [-0.4, -0.2) is 29.2 Å². The van der Waals surface area contributed by atoms with Crippen molar-refractivity contribution < 1.29 is 14.3 Å². The fourth-order valence-electron chi connectivity index (χ4n) is 3.13. The zero-order valence-corrected chi connectivity index (χ0v) is 16.9. The van der Waals surface area contributed by atoms with E-state index >= 15 is 0 Å². The lowest BCUT2D eigenvalue weighted by Gasteiger charge is -2.10. The first kappa shape index (κ1) is 19.5. The molecule has 0 unspecified atom stereocenters. The van der Waals surface area contributed by atoms with E-state index in [9.17, 15) is 4.79 Å². The number of fused-ring (bicyclic) bond motifs is 1. The summed E-state index contributed by atoms with van der Waals surface area (Å²) in [6.07, 6.45) is 0.254. The highest BCUT2D eigenvalue weighted by molar-refractivity contribution is 5.92. The zero-order chi connectivity index (χ0) is 20.9. The Labute approximate surface area is 174 Å². The number of amides is 1. The van der Waals surface area contributed by atoms with E-state index in [0.29, 0.717) is 23.1 Å². The van der Waals surface area contributed by atoms with Crippen LogP contribution < -0.4 is 25.4 Å². The van der Waals surface area contributed by atoms with E-state index < -0.39 is 0 Å². The summed E-state index contributed by atoms with van der Waals surface area (Å²) in [6, 6.07) is 14.9. The lowest BCUT2D eigenvalue weighted by Crippen LogP contribution is -2.14. The van der Waals surface area contributed by atoms with Crippen LogP contribution in [0, 0.1) is 6.92 Å². The van der Waals surface area contributed by atoms with Gasteiger partial charge in [0.05, 0.1) is 6.42 Å². The largest absolute Gasteiger partial charge is 0.454 e. The lowest BCUT2D eigenvalue weighted by atomic mass is 10.1. The number of nitrogens with one attached hydrogen (secondary N) is 3. The Morgan fingerprint density at radius 2 is 1.70 bits per heavy atom. The van der Waals surface area contributed by atoms with Gasteiger partial charge >= 0.3 is 0 Å². The number of aromatic nitrogens is 2. The number of carbonyl (C=O) groups is 1. The summed E-state index contributed by atoms with van der Waals surface area (Å²) in [5.74, 6) is 3.45. The van der Waals surface area contributed by atoms with Crippen LogP contribution in [0.4, 0.5) is 23.0 Å². The monoisotopic (exact) mass is 405 g/mol. The Morgan fingerprint density at radius 3 is 2.50 bits per heavy atom. The van der Waals surface area contributed by atoms with E-state index in [1.807, 2.05) is 62.4 Å². The van der Waals surface area contributed by atoms with Crippen LogP contribution in [0.1, 0.15) is 18.3 Å². The molecule has 1 aliphatic heterocycles. The Morgan fingerprint density at radius 1 is 0.967 bits per heavy atom. The molecule has 0 aliphatic carbocycles. The first-order chi connectivity index (χ1) is 14.6. The molecule has 0 saturated carbocycles. The van der Waals surface area contributed by atoms with Crippen LogP contribution in [0.25, 0.3) is 0 Å². The molecule has 2 aromatic carbocycles. The minimum absolute atomic E-state index is 0.101. The van der Waals surface area contributed by atoms with Gasteiger partial charge in [0.25, 0.3) is 0 Å². The number of anilines is 4. The Hall–Kier alpha value is -3.81. The number of rotatable bonds is 7. The van der Waals surface area contributed by atoms with E-state index in [4.69, 9.17) is 9.47 Å². The fourth-order valence-corrected chi connectivity index (χ4v) is 3.13. The minimum Gasteiger partial charge on any atom is -0.454 e. The molecular formula is C22H23N5O3. The van der Waals surface area contributed by atoms with Gasteiger partial charge in [-0.25, -0.2) is 9.97 Å². The molecule has 1 aromatic heterocycles. The standard InChI is InChI=1S/C22H23N5O3/c1-3-23-20-12-21(25-14(2)24-20)26-16-5-7-17(8-6-16)27-22(28)11-15-4-9-18-19(10-15)30-13-29-18/h4-10,12H,3,11,13H2,1-2H3,(H,27,28)(H2,23,24,25,26).